The number of nitrogens with zero attached hydrogens (tertiary/aromatic N) is 1. The molecule has 2 fully saturated rings. The lowest BCUT2D eigenvalue weighted by Crippen LogP contribution is -2.40. The number of hydrogen-bond acceptors (Lipinski definition) is 5. The van der Waals surface area contributed by atoms with Crippen molar-refractivity contribution in [2.45, 2.75) is 50.0 Å². The average Bonchev–Trinajstić information content (AvgIpc) is 3.50. The van der Waals surface area contributed by atoms with E-state index < -0.39 is 10.0 Å². The van der Waals surface area contributed by atoms with Crippen LogP contribution in [0.25, 0.3) is 11.0 Å². The summed E-state index contributed by atoms with van der Waals surface area (Å²) in [5.41, 5.74) is 1.73. The van der Waals surface area contributed by atoms with Gasteiger partial charge in [-0.15, -0.1) is 0 Å². The lowest BCUT2D eigenvalue weighted by molar-refractivity contribution is -0.115. The van der Waals surface area contributed by atoms with Crippen molar-refractivity contribution < 1.29 is 17.7 Å². The number of sulfonamides is 1. The molecule has 0 aliphatic heterocycles. The zero-order chi connectivity index (χ0) is 22.3. The zero-order valence-corrected chi connectivity index (χ0v) is 18.8. The van der Waals surface area contributed by atoms with Crippen LogP contribution in [-0.4, -0.2) is 25.5 Å². The Morgan fingerprint density at radius 1 is 1.12 bits per heavy atom. The van der Waals surface area contributed by atoms with E-state index in [0.29, 0.717) is 28.8 Å². The van der Waals surface area contributed by atoms with Crippen LogP contribution in [0.3, 0.4) is 0 Å². The van der Waals surface area contributed by atoms with Gasteiger partial charge in [-0.25, -0.2) is 13.1 Å². The highest BCUT2D eigenvalue weighted by Gasteiger charge is 2.42. The number of para-hydroxylation sites is 1. The number of fused-ring (bicyclic) bond motifs is 3. The number of amides is 1. The smallest absolute Gasteiger partial charge is 0.240 e. The molecule has 2 aliphatic rings. The van der Waals surface area contributed by atoms with Crippen molar-refractivity contribution in [3.63, 3.8) is 0 Å². The Labute approximate surface area is 187 Å². The Bertz CT molecular complexity index is 1240. The van der Waals surface area contributed by atoms with Crippen molar-refractivity contribution in [3.05, 3.63) is 54.2 Å². The van der Waals surface area contributed by atoms with Crippen LogP contribution < -0.4 is 10.0 Å². The minimum Gasteiger partial charge on any atom is -0.356 e. The van der Waals surface area contributed by atoms with Gasteiger partial charge >= 0.3 is 0 Å². The van der Waals surface area contributed by atoms with Crippen LogP contribution in [0.1, 0.15) is 38.3 Å². The van der Waals surface area contributed by atoms with Crippen LogP contribution in [-0.2, 0) is 21.2 Å². The topological polar surface area (TPSA) is 101 Å². The highest BCUT2D eigenvalue weighted by atomic mass is 32.2. The number of anilines is 1. The molecule has 8 heteroatoms. The van der Waals surface area contributed by atoms with Crippen molar-refractivity contribution in [1.82, 2.24) is 9.88 Å². The Kier molecular flexibility index (Phi) is 5.51. The van der Waals surface area contributed by atoms with Crippen LogP contribution >= 0.6 is 0 Å². The summed E-state index contributed by atoms with van der Waals surface area (Å²) in [5, 5.41) is 7.57. The normalized spacial score (nSPS) is 23.5. The third kappa shape index (κ3) is 4.17. The molecule has 32 heavy (non-hydrogen) atoms. The van der Waals surface area contributed by atoms with E-state index in [0.717, 1.165) is 17.7 Å². The molecule has 0 spiro atoms. The largest absolute Gasteiger partial charge is 0.356 e. The monoisotopic (exact) mass is 453 g/mol. The fraction of sp³-hybridized carbons (Fsp3) is 0.417. The van der Waals surface area contributed by atoms with Crippen molar-refractivity contribution in [1.29, 1.82) is 0 Å². The van der Waals surface area contributed by atoms with E-state index in [9.17, 15) is 13.2 Å². The maximum absolute atomic E-state index is 12.9. The standard InChI is InChI=1S/C24H27N3O4S/c1-15(21-13-16-6-7-17(21)12-16)27-32(29,30)19-10-8-18(9-11-19)25-24(28)14-22-20-4-2-3-5-23(20)31-26-22/h2-5,8-11,15-17,21,27H,6-7,12-14H2,1H3,(H,25,28). The van der Waals surface area contributed by atoms with E-state index in [4.69, 9.17) is 4.52 Å². The highest BCUT2D eigenvalue weighted by molar-refractivity contribution is 7.89. The number of rotatable bonds is 7. The Morgan fingerprint density at radius 2 is 1.91 bits per heavy atom. The molecule has 3 aromatic rings. The fourth-order valence-electron chi connectivity index (χ4n) is 5.45. The second kappa shape index (κ2) is 8.33. The first-order chi connectivity index (χ1) is 15.4. The van der Waals surface area contributed by atoms with Gasteiger partial charge in [0, 0.05) is 17.1 Å². The van der Waals surface area contributed by atoms with Crippen LogP contribution in [0.2, 0.25) is 0 Å². The third-order valence-corrected chi connectivity index (χ3v) is 8.58. The molecule has 2 aliphatic carbocycles. The van der Waals surface area contributed by atoms with E-state index in [2.05, 4.69) is 15.2 Å². The average molecular weight is 454 g/mol. The Morgan fingerprint density at radius 3 is 2.62 bits per heavy atom. The van der Waals surface area contributed by atoms with Gasteiger partial charge in [-0.05, 0) is 80.3 Å². The molecule has 0 saturated heterocycles. The molecule has 2 saturated carbocycles. The molecular weight excluding hydrogens is 426 g/mol. The molecule has 1 aromatic heterocycles. The minimum atomic E-state index is -3.61. The summed E-state index contributed by atoms with van der Waals surface area (Å²) in [7, 11) is -3.61. The number of hydrogen-bond donors (Lipinski definition) is 2. The summed E-state index contributed by atoms with van der Waals surface area (Å²) in [5.74, 6) is 1.60. The van der Waals surface area contributed by atoms with Gasteiger partial charge in [0.1, 0.15) is 5.69 Å². The summed E-state index contributed by atoms with van der Waals surface area (Å²) < 4.78 is 33.8. The Hall–Kier alpha value is -2.71. The molecule has 0 radical (unpaired) electrons. The molecule has 1 amide bonds. The van der Waals surface area contributed by atoms with Crippen LogP contribution in [0.15, 0.2) is 57.9 Å². The van der Waals surface area contributed by atoms with Crippen molar-refractivity contribution in [3.8, 4) is 0 Å². The quantitative estimate of drug-likeness (QED) is 0.561. The van der Waals surface area contributed by atoms with Gasteiger partial charge in [-0.3, -0.25) is 4.79 Å². The van der Waals surface area contributed by atoms with E-state index >= 15 is 0 Å². The van der Waals surface area contributed by atoms with Crippen molar-refractivity contribution >= 4 is 32.6 Å². The number of carbonyl (C=O) groups excluding carboxylic acids is 1. The molecule has 2 aromatic carbocycles. The number of aromatic nitrogens is 1. The summed E-state index contributed by atoms with van der Waals surface area (Å²) >= 11 is 0. The van der Waals surface area contributed by atoms with Crippen LogP contribution in [0.4, 0.5) is 5.69 Å². The molecule has 5 rings (SSSR count). The first kappa shape index (κ1) is 21.2. The summed E-state index contributed by atoms with van der Waals surface area (Å²) in [6.07, 6.45) is 4.95. The number of nitrogens with one attached hydrogen (secondary N) is 2. The minimum absolute atomic E-state index is 0.0691. The second-order valence-electron chi connectivity index (χ2n) is 9.12. The molecule has 7 nitrogen and oxygen atoms in total. The molecular formula is C24H27N3O4S. The summed E-state index contributed by atoms with van der Waals surface area (Å²) in [6.45, 7) is 1.98. The summed E-state index contributed by atoms with van der Waals surface area (Å²) in [6, 6.07) is 13.6. The number of benzene rings is 2. The highest BCUT2D eigenvalue weighted by Crippen LogP contribution is 2.49. The fourth-order valence-corrected chi connectivity index (χ4v) is 6.74. The van der Waals surface area contributed by atoms with Crippen LogP contribution in [0, 0.1) is 17.8 Å². The van der Waals surface area contributed by atoms with Crippen LogP contribution in [0.5, 0.6) is 0 Å². The first-order valence-electron chi connectivity index (χ1n) is 11.1. The molecule has 4 atom stereocenters. The Balaban J connectivity index is 1.21. The van der Waals surface area contributed by atoms with Crippen molar-refractivity contribution in [2.75, 3.05) is 5.32 Å². The van der Waals surface area contributed by atoms with E-state index in [1.807, 2.05) is 25.1 Å². The summed E-state index contributed by atoms with van der Waals surface area (Å²) in [4.78, 5) is 12.6. The van der Waals surface area contributed by atoms with Gasteiger partial charge in [0.15, 0.2) is 5.58 Å². The molecule has 1 heterocycles. The predicted octanol–water partition coefficient (Wildman–Crippen LogP) is 4.11. The predicted molar refractivity (Wildman–Crippen MR) is 122 cm³/mol. The van der Waals surface area contributed by atoms with Gasteiger partial charge in [-0.2, -0.15) is 0 Å². The van der Waals surface area contributed by atoms with Gasteiger partial charge < -0.3 is 9.84 Å². The SMILES string of the molecule is CC(NS(=O)(=O)c1ccc(NC(=O)Cc2noc3ccccc23)cc1)C1CC2CCC1C2. The van der Waals surface area contributed by atoms with E-state index in [1.165, 1.54) is 31.4 Å². The third-order valence-electron chi connectivity index (χ3n) is 7.00. The van der Waals surface area contributed by atoms with E-state index in [-0.39, 0.29) is 23.3 Å². The van der Waals surface area contributed by atoms with Gasteiger partial charge in [0.05, 0.1) is 11.3 Å². The second-order valence-corrected chi connectivity index (χ2v) is 10.8. The maximum Gasteiger partial charge on any atom is 0.240 e. The van der Waals surface area contributed by atoms with Crippen molar-refractivity contribution in [2.24, 2.45) is 17.8 Å². The molecule has 4 unspecified atom stereocenters. The first-order valence-corrected chi connectivity index (χ1v) is 12.6. The van der Waals surface area contributed by atoms with Gasteiger partial charge in [-0.1, -0.05) is 23.7 Å². The molecule has 2 bridgehead atoms. The lowest BCUT2D eigenvalue weighted by Gasteiger charge is -2.28. The lowest BCUT2D eigenvalue weighted by atomic mass is 9.84. The number of carbonyl (C=O) groups is 1. The molecule has 168 valence electrons. The van der Waals surface area contributed by atoms with E-state index in [1.54, 1.807) is 18.2 Å². The van der Waals surface area contributed by atoms with Gasteiger partial charge in [0.2, 0.25) is 15.9 Å². The zero-order valence-electron chi connectivity index (χ0n) is 18.0. The molecule has 2 N–H and O–H groups in total. The van der Waals surface area contributed by atoms with Gasteiger partial charge in [0.25, 0.3) is 0 Å². The maximum atomic E-state index is 12.9.